The van der Waals surface area contributed by atoms with Crippen LogP contribution < -0.4 is 5.32 Å². The van der Waals surface area contributed by atoms with E-state index in [1.54, 1.807) is 21.9 Å². The number of hydrogen-bond donors (Lipinski definition) is 1. The first-order chi connectivity index (χ1) is 11.4. The molecule has 1 atom stereocenters. The maximum absolute atomic E-state index is 13.0. The number of nitrogens with zero attached hydrogens (tertiary/aromatic N) is 3. The van der Waals surface area contributed by atoms with Crippen molar-refractivity contribution in [2.24, 2.45) is 0 Å². The van der Waals surface area contributed by atoms with Gasteiger partial charge in [0.1, 0.15) is 5.82 Å². The Hall–Kier alpha value is -2.31. The summed E-state index contributed by atoms with van der Waals surface area (Å²) < 4.78 is 13.0. The lowest BCUT2D eigenvalue weighted by Gasteiger charge is -2.36. The molecule has 2 fully saturated rings. The van der Waals surface area contributed by atoms with Gasteiger partial charge in [-0.2, -0.15) is 0 Å². The van der Waals surface area contributed by atoms with Gasteiger partial charge in [0.25, 0.3) is 0 Å². The quantitative estimate of drug-likeness (QED) is 0.917. The van der Waals surface area contributed by atoms with Gasteiger partial charge in [-0.25, -0.2) is 14.0 Å². The minimum atomic E-state index is -0.282. The smallest absolute Gasteiger partial charge is 0.320 e. The lowest BCUT2D eigenvalue weighted by Crippen LogP contribution is -2.56. The van der Waals surface area contributed by atoms with Gasteiger partial charge in [-0.3, -0.25) is 0 Å². The lowest BCUT2D eigenvalue weighted by atomic mass is 10.2. The van der Waals surface area contributed by atoms with Gasteiger partial charge in [0, 0.05) is 38.8 Å². The Bertz CT molecular complexity index is 620. The van der Waals surface area contributed by atoms with Crippen LogP contribution in [0.5, 0.6) is 0 Å². The van der Waals surface area contributed by atoms with Crippen molar-refractivity contribution in [2.75, 3.05) is 26.2 Å². The topological polar surface area (TPSA) is 55.9 Å². The number of nitrogens with one attached hydrogen (secondary N) is 1. The average molecular weight is 334 g/mol. The third-order valence-corrected chi connectivity index (χ3v) is 4.42. The van der Waals surface area contributed by atoms with Crippen molar-refractivity contribution in [1.82, 2.24) is 20.0 Å². The number of carbonyl (C=O) groups excluding carboxylic acids is 2. The van der Waals surface area contributed by atoms with Gasteiger partial charge in [-0.1, -0.05) is 12.1 Å². The van der Waals surface area contributed by atoms with Crippen LogP contribution in [-0.2, 0) is 6.54 Å². The number of carbonyl (C=O) groups is 2. The van der Waals surface area contributed by atoms with Crippen LogP contribution in [0.3, 0.4) is 0 Å². The summed E-state index contributed by atoms with van der Waals surface area (Å²) in [6, 6.07) is 6.23. The normalized spacial score (nSPS) is 20.6. The Morgan fingerprint density at radius 1 is 1.25 bits per heavy atom. The molecule has 1 aromatic rings. The second-order valence-corrected chi connectivity index (χ2v) is 6.69. The maximum atomic E-state index is 13.0. The van der Waals surface area contributed by atoms with Gasteiger partial charge in [-0.05, 0) is 31.5 Å². The molecule has 2 heterocycles. The fraction of sp³-hybridized carbons (Fsp3) is 0.529. The predicted molar refractivity (Wildman–Crippen MR) is 87.9 cm³/mol. The molecular weight excluding hydrogens is 311 g/mol. The highest BCUT2D eigenvalue weighted by Crippen LogP contribution is 2.22. The monoisotopic (exact) mass is 334 g/mol. The van der Waals surface area contributed by atoms with Crippen molar-refractivity contribution >= 4 is 12.1 Å². The van der Waals surface area contributed by atoms with Crippen LogP contribution in [-0.4, -0.2) is 65.0 Å². The van der Waals surface area contributed by atoms with E-state index >= 15 is 0 Å². The Labute approximate surface area is 141 Å². The highest BCUT2D eigenvalue weighted by atomic mass is 19.1. The number of benzene rings is 1. The van der Waals surface area contributed by atoms with E-state index in [2.05, 4.69) is 5.32 Å². The Morgan fingerprint density at radius 2 is 1.96 bits per heavy atom. The molecule has 3 rings (SSSR count). The summed E-state index contributed by atoms with van der Waals surface area (Å²) in [5.74, 6) is -0.282. The zero-order valence-electron chi connectivity index (χ0n) is 14.0. The van der Waals surface area contributed by atoms with Crippen molar-refractivity contribution in [1.29, 1.82) is 0 Å². The highest BCUT2D eigenvalue weighted by Gasteiger charge is 2.41. The molecule has 6 nitrogen and oxygen atoms in total. The van der Waals surface area contributed by atoms with Crippen LogP contribution in [0.1, 0.15) is 19.4 Å². The van der Waals surface area contributed by atoms with Crippen LogP contribution in [0.25, 0.3) is 0 Å². The summed E-state index contributed by atoms with van der Waals surface area (Å²) in [5.41, 5.74) is 0.902. The summed E-state index contributed by atoms with van der Waals surface area (Å²) in [5, 5.41) is 2.89. The van der Waals surface area contributed by atoms with E-state index in [-0.39, 0.29) is 30.0 Å². The lowest BCUT2D eigenvalue weighted by molar-refractivity contribution is 0.128. The molecule has 2 aliphatic rings. The van der Waals surface area contributed by atoms with E-state index in [1.807, 2.05) is 18.7 Å². The van der Waals surface area contributed by atoms with Crippen LogP contribution in [0.2, 0.25) is 0 Å². The second-order valence-electron chi connectivity index (χ2n) is 6.69. The van der Waals surface area contributed by atoms with Crippen molar-refractivity contribution in [2.45, 2.75) is 32.5 Å². The van der Waals surface area contributed by atoms with Crippen molar-refractivity contribution in [3.8, 4) is 0 Å². The third kappa shape index (κ3) is 3.44. The second kappa shape index (κ2) is 6.67. The van der Waals surface area contributed by atoms with Crippen LogP contribution in [0, 0.1) is 5.82 Å². The maximum Gasteiger partial charge on any atom is 0.320 e. The molecule has 130 valence electrons. The zero-order chi connectivity index (χ0) is 17.3. The van der Waals surface area contributed by atoms with E-state index in [1.165, 1.54) is 12.1 Å². The number of rotatable bonds is 3. The third-order valence-electron chi connectivity index (χ3n) is 4.42. The number of urea groups is 2. The molecule has 24 heavy (non-hydrogen) atoms. The largest absolute Gasteiger partial charge is 0.336 e. The zero-order valence-corrected chi connectivity index (χ0v) is 14.0. The van der Waals surface area contributed by atoms with Crippen molar-refractivity contribution in [3.05, 3.63) is 35.6 Å². The minimum Gasteiger partial charge on any atom is -0.336 e. The number of amides is 4. The molecule has 0 spiro atoms. The van der Waals surface area contributed by atoms with Gasteiger partial charge < -0.3 is 20.0 Å². The molecule has 0 saturated carbocycles. The van der Waals surface area contributed by atoms with E-state index in [9.17, 15) is 14.0 Å². The van der Waals surface area contributed by atoms with Crippen LogP contribution in [0.15, 0.2) is 24.3 Å². The fourth-order valence-electron chi connectivity index (χ4n) is 3.24. The molecule has 0 aromatic heterocycles. The van der Waals surface area contributed by atoms with Crippen molar-refractivity contribution < 1.29 is 14.0 Å². The van der Waals surface area contributed by atoms with Crippen LogP contribution >= 0.6 is 0 Å². The molecule has 7 heteroatoms. The van der Waals surface area contributed by atoms with Gasteiger partial charge in [-0.15, -0.1) is 0 Å². The summed E-state index contributed by atoms with van der Waals surface area (Å²) in [7, 11) is 0. The fourth-order valence-corrected chi connectivity index (χ4v) is 3.24. The molecule has 2 aliphatic heterocycles. The number of piperazine rings is 1. The predicted octanol–water partition coefficient (Wildman–Crippen LogP) is 1.87. The Balaban J connectivity index is 1.62. The highest BCUT2D eigenvalue weighted by molar-refractivity contribution is 5.79. The number of fused-ring (bicyclic) bond motifs is 1. The van der Waals surface area contributed by atoms with E-state index in [0.717, 1.165) is 5.56 Å². The first-order valence-corrected chi connectivity index (χ1v) is 8.29. The summed E-state index contributed by atoms with van der Waals surface area (Å²) in [6.45, 7) is 6.55. The van der Waals surface area contributed by atoms with Crippen molar-refractivity contribution in [3.63, 3.8) is 0 Å². The molecule has 0 bridgehead atoms. The minimum absolute atomic E-state index is 0.00626. The average Bonchev–Trinajstić information content (AvgIpc) is 2.84. The summed E-state index contributed by atoms with van der Waals surface area (Å²) >= 11 is 0. The molecule has 1 N–H and O–H groups in total. The first-order valence-electron chi connectivity index (χ1n) is 8.29. The SMILES string of the molecule is CC(C)NC(=O)N1CCN2C(=O)N(Cc3ccc(F)cc3)CC2C1. The first kappa shape index (κ1) is 16.5. The molecule has 4 amide bonds. The molecule has 0 radical (unpaired) electrons. The Kier molecular flexibility index (Phi) is 4.59. The molecule has 2 saturated heterocycles. The van der Waals surface area contributed by atoms with Gasteiger partial charge in [0.15, 0.2) is 0 Å². The summed E-state index contributed by atoms with van der Waals surface area (Å²) in [6.07, 6.45) is 0. The van der Waals surface area contributed by atoms with Gasteiger partial charge in [0.2, 0.25) is 0 Å². The van der Waals surface area contributed by atoms with Crippen LogP contribution in [0.4, 0.5) is 14.0 Å². The van der Waals surface area contributed by atoms with E-state index < -0.39 is 0 Å². The molecular formula is C17H23FN4O2. The number of hydrogen-bond acceptors (Lipinski definition) is 2. The number of halogens is 1. The summed E-state index contributed by atoms with van der Waals surface area (Å²) in [4.78, 5) is 30.0. The van der Waals surface area contributed by atoms with Gasteiger partial charge >= 0.3 is 12.1 Å². The molecule has 1 aromatic carbocycles. The van der Waals surface area contributed by atoms with E-state index in [0.29, 0.717) is 32.7 Å². The molecule has 1 unspecified atom stereocenters. The standard InChI is InChI=1S/C17H23FN4O2/c1-12(2)19-16(23)20-7-8-22-15(10-20)11-21(17(22)24)9-13-3-5-14(18)6-4-13/h3-6,12,15H,7-11H2,1-2H3,(H,19,23). The van der Waals surface area contributed by atoms with Gasteiger partial charge in [0.05, 0.1) is 6.04 Å². The molecule has 0 aliphatic carbocycles. The van der Waals surface area contributed by atoms with E-state index in [4.69, 9.17) is 0 Å². The Morgan fingerprint density at radius 3 is 2.62 bits per heavy atom.